The van der Waals surface area contributed by atoms with E-state index in [0.717, 1.165) is 0 Å². The lowest BCUT2D eigenvalue weighted by Crippen LogP contribution is -2.13. The maximum atomic E-state index is 2.83. The minimum absolute atomic E-state index is 1.04. The van der Waals surface area contributed by atoms with Crippen LogP contribution in [0.3, 0.4) is 0 Å². The van der Waals surface area contributed by atoms with Gasteiger partial charge in [-0.25, -0.2) is 0 Å². The van der Waals surface area contributed by atoms with Crippen LogP contribution in [-0.4, -0.2) is 37.0 Å². The van der Waals surface area contributed by atoms with Crippen molar-refractivity contribution in [2.24, 2.45) is 0 Å². The van der Waals surface area contributed by atoms with E-state index in [0.29, 0.717) is 0 Å². The van der Waals surface area contributed by atoms with Crippen LogP contribution >= 0.6 is 14.5 Å². The van der Waals surface area contributed by atoms with Crippen LogP contribution < -0.4 is 0 Å². The third kappa shape index (κ3) is 31.0. The smallest absolute Gasteiger partial charge is 0.0654 e. The monoisotopic (exact) mass is 845 g/mol. The van der Waals surface area contributed by atoms with Gasteiger partial charge in [0.15, 0.2) is 0 Å². The van der Waals surface area contributed by atoms with Gasteiger partial charge in [0.25, 0.3) is 0 Å². The number of hydrogen-bond donors (Lipinski definition) is 0. The minimum atomic E-state index is -1.04. The molecule has 58 heavy (non-hydrogen) atoms. The van der Waals surface area contributed by atoms with Crippen molar-refractivity contribution in [3.63, 3.8) is 0 Å². The Balaban J connectivity index is 3.38. The Morgan fingerprint density at radius 2 is 0.448 bits per heavy atom. The molecule has 0 aliphatic rings. The lowest BCUT2D eigenvalue weighted by molar-refractivity contribution is 0.615. The molecule has 0 bridgehead atoms. The van der Waals surface area contributed by atoms with Crippen LogP contribution in [0.25, 0.3) is 0 Å². The highest BCUT2D eigenvalue weighted by atomic mass is 31.2. The van der Waals surface area contributed by atoms with Crippen molar-refractivity contribution in [2.45, 2.75) is 285 Å². The van der Waals surface area contributed by atoms with Gasteiger partial charge >= 0.3 is 0 Å². The molecular formula is C56H110P2+2. The van der Waals surface area contributed by atoms with Crippen LogP contribution in [0.1, 0.15) is 284 Å². The van der Waals surface area contributed by atoms with E-state index in [4.69, 9.17) is 0 Å². The standard InChI is InChI=1S/C56H110P2/c1-7-13-19-25-31-37-46-57(47-38-32-26-20-14-8-2,48-39-33-27-21-15-9-3)53-55-44-43-45-56(52-55)54-58(49-40-34-28-22-16-10-4,50-41-35-29-23-17-11-5)51-42-36-30-24-18-12-6/h43-45,52H,7-42,46-51,53-54H2,1-6H3/q+2. The van der Waals surface area contributed by atoms with Crippen LogP contribution in [0.15, 0.2) is 24.3 Å². The van der Waals surface area contributed by atoms with Gasteiger partial charge in [0.2, 0.25) is 0 Å². The summed E-state index contributed by atoms with van der Waals surface area (Å²) < 4.78 is 0. The first-order chi connectivity index (χ1) is 28.5. The average Bonchev–Trinajstić information content (AvgIpc) is 3.23. The molecule has 342 valence electrons. The molecule has 0 unspecified atom stereocenters. The summed E-state index contributed by atoms with van der Waals surface area (Å²) in [5, 5.41) is 0. The maximum absolute atomic E-state index is 2.83. The molecule has 0 amide bonds. The lowest BCUT2D eigenvalue weighted by Gasteiger charge is -2.30. The molecule has 0 heterocycles. The molecule has 0 spiro atoms. The van der Waals surface area contributed by atoms with E-state index in [2.05, 4.69) is 65.8 Å². The summed E-state index contributed by atoms with van der Waals surface area (Å²) in [7, 11) is -2.08. The first-order valence-corrected chi connectivity index (χ1v) is 32.4. The second kappa shape index (κ2) is 41.1. The molecule has 0 N–H and O–H groups in total. The highest BCUT2D eigenvalue weighted by Crippen LogP contribution is 2.65. The summed E-state index contributed by atoms with van der Waals surface area (Å²) in [5.41, 5.74) is 3.51. The zero-order valence-electron chi connectivity index (χ0n) is 41.3. The number of unbranched alkanes of at least 4 members (excludes halogenated alkanes) is 30. The Morgan fingerprint density at radius 3 is 0.655 bits per heavy atom. The average molecular weight is 845 g/mol. The van der Waals surface area contributed by atoms with Gasteiger partial charge in [-0.15, -0.1) is 0 Å². The summed E-state index contributed by atoms with van der Waals surface area (Å²) >= 11 is 0. The van der Waals surface area contributed by atoms with Crippen LogP contribution in [0.2, 0.25) is 0 Å². The molecule has 2 heteroatoms. The van der Waals surface area contributed by atoms with Gasteiger partial charge in [0.05, 0.1) is 49.3 Å². The van der Waals surface area contributed by atoms with Gasteiger partial charge in [-0.1, -0.05) is 214 Å². The molecule has 0 radical (unpaired) electrons. The molecule has 0 nitrogen and oxygen atoms in total. The van der Waals surface area contributed by atoms with Gasteiger partial charge in [0, 0.05) is 14.5 Å². The SMILES string of the molecule is CCCCCCCC[P+](CCCCCCCC)(CCCCCCCC)Cc1cccc(C[P+](CCCCCCCC)(CCCCCCCC)CCCCCCCC)c1. The topological polar surface area (TPSA) is 0 Å². The Kier molecular flexibility index (Phi) is 39.8. The van der Waals surface area contributed by atoms with E-state index >= 15 is 0 Å². The van der Waals surface area contributed by atoms with Gasteiger partial charge < -0.3 is 0 Å². The molecule has 0 saturated carbocycles. The molecule has 1 aromatic rings. The third-order valence-corrected chi connectivity index (χ3v) is 23.6. The van der Waals surface area contributed by atoms with E-state index < -0.39 is 14.5 Å². The van der Waals surface area contributed by atoms with Crippen molar-refractivity contribution >= 4 is 14.5 Å². The number of rotatable bonds is 46. The molecule has 0 aromatic heterocycles. The van der Waals surface area contributed by atoms with E-state index in [9.17, 15) is 0 Å². The highest BCUT2D eigenvalue weighted by molar-refractivity contribution is 7.75. The molecule has 0 fully saturated rings. The van der Waals surface area contributed by atoms with Crippen molar-refractivity contribution in [1.82, 2.24) is 0 Å². The largest absolute Gasteiger partial charge is 0.0843 e. The van der Waals surface area contributed by atoms with Gasteiger partial charge in [-0.2, -0.15) is 0 Å². The van der Waals surface area contributed by atoms with Crippen LogP contribution in [-0.2, 0) is 12.3 Å². The summed E-state index contributed by atoms with van der Waals surface area (Å²) in [5.74, 6) is 0. The molecule has 1 rings (SSSR count). The van der Waals surface area contributed by atoms with E-state index in [1.54, 1.807) is 48.1 Å². The third-order valence-electron chi connectivity index (χ3n) is 13.9. The summed E-state index contributed by atoms with van der Waals surface area (Å²) in [6.45, 7) is 14.2. The normalized spacial score (nSPS) is 12.2. The summed E-state index contributed by atoms with van der Waals surface area (Å²) in [6, 6.07) is 10.6. The van der Waals surface area contributed by atoms with Crippen molar-refractivity contribution in [3.05, 3.63) is 35.4 Å². The first kappa shape index (κ1) is 56.1. The van der Waals surface area contributed by atoms with Gasteiger partial charge in [0.1, 0.15) is 0 Å². The van der Waals surface area contributed by atoms with Crippen molar-refractivity contribution in [2.75, 3.05) is 37.0 Å². The van der Waals surface area contributed by atoms with E-state index in [1.165, 1.54) is 243 Å². The van der Waals surface area contributed by atoms with Gasteiger partial charge in [-0.3, -0.25) is 0 Å². The summed E-state index contributed by atoms with van der Waals surface area (Å²) in [4.78, 5) is 0. The van der Waals surface area contributed by atoms with Crippen molar-refractivity contribution < 1.29 is 0 Å². The maximum Gasteiger partial charge on any atom is 0.0843 e. The van der Waals surface area contributed by atoms with Crippen LogP contribution in [0.4, 0.5) is 0 Å². The first-order valence-electron chi connectivity index (χ1n) is 27.3. The molecule has 0 atom stereocenters. The summed E-state index contributed by atoms with van der Waals surface area (Å²) in [6.07, 6.45) is 64.7. The quantitative estimate of drug-likeness (QED) is 0.0453. The second-order valence-electron chi connectivity index (χ2n) is 19.8. The lowest BCUT2D eigenvalue weighted by atomic mass is 10.1. The fourth-order valence-corrected chi connectivity index (χ4v) is 19.7. The molecule has 1 aromatic carbocycles. The predicted molar refractivity (Wildman–Crippen MR) is 277 cm³/mol. The van der Waals surface area contributed by atoms with Gasteiger partial charge in [-0.05, 0) is 94.2 Å². The predicted octanol–water partition coefficient (Wildman–Crippen LogP) is 20.9. The van der Waals surface area contributed by atoms with E-state index in [1.807, 2.05) is 0 Å². The van der Waals surface area contributed by atoms with Crippen LogP contribution in [0, 0.1) is 0 Å². The number of benzene rings is 1. The van der Waals surface area contributed by atoms with Crippen molar-refractivity contribution in [3.8, 4) is 0 Å². The van der Waals surface area contributed by atoms with Crippen molar-refractivity contribution in [1.29, 1.82) is 0 Å². The Hall–Kier alpha value is 0.0800. The van der Waals surface area contributed by atoms with E-state index in [-0.39, 0.29) is 0 Å². The highest BCUT2D eigenvalue weighted by Gasteiger charge is 2.38. The number of hydrogen-bond acceptors (Lipinski definition) is 0. The minimum Gasteiger partial charge on any atom is -0.0654 e. The molecule has 0 saturated heterocycles. The zero-order chi connectivity index (χ0) is 42.1. The Morgan fingerprint density at radius 1 is 0.259 bits per heavy atom. The molecular weight excluding hydrogens is 735 g/mol. The molecule has 0 aliphatic heterocycles. The Bertz CT molecular complexity index is 814. The fraction of sp³-hybridized carbons (Fsp3) is 0.893. The molecule has 0 aliphatic carbocycles. The zero-order valence-corrected chi connectivity index (χ0v) is 43.1. The second-order valence-corrected chi connectivity index (χ2v) is 28.5. The Labute approximate surface area is 370 Å². The van der Waals surface area contributed by atoms with Crippen LogP contribution in [0.5, 0.6) is 0 Å². The fourth-order valence-electron chi connectivity index (χ4n) is 10.1.